The van der Waals surface area contributed by atoms with Crippen LogP contribution in [-0.4, -0.2) is 49.8 Å². The van der Waals surface area contributed by atoms with Gasteiger partial charge in [0.25, 0.3) is 0 Å². The van der Waals surface area contributed by atoms with Gasteiger partial charge in [-0.3, -0.25) is 0 Å². The average Bonchev–Trinajstić information content (AvgIpc) is 2.36. The van der Waals surface area contributed by atoms with Crippen LogP contribution in [-0.2, 0) is 4.74 Å². The molecule has 2 fully saturated rings. The maximum absolute atomic E-state index is 5.56. The van der Waals surface area contributed by atoms with Gasteiger partial charge in [-0.1, -0.05) is 6.42 Å². The quantitative estimate of drug-likeness (QED) is 0.744. The Morgan fingerprint density at radius 1 is 1.24 bits per heavy atom. The Balaban J connectivity index is 1.50. The van der Waals surface area contributed by atoms with Crippen LogP contribution in [0.3, 0.4) is 0 Å². The molecule has 0 amide bonds. The Morgan fingerprint density at radius 3 is 2.82 bits per heavy atom. The number of nitrogens with one attached hydrogen (secondary N) is 1. The minimum atomic E-state index is 0.448. The van der Waals surface area contributed by atoms with Gasteiger partial charge in [-0.25, -0.2) is 0 Å². The largest absolute Gasteiger partial charge is 0.378 e. The van der Waals surface area contributed by atoms with Crippen LogP contribution in [0.25, 0.3) is 0 Å². The second-order valence-electron chi connectivity index (χ2n) is 5.61. The zero-order valence-electron chi connectivity index (χ0n) is 11.3. The summed E-state index contributed by atoms with van der Waals surface area (Å²) in [7, 11) is 0. The molecule has 0 aromatic carbocycles. The Morgan fingerprint density at radius 2 is 2.06 bits per heavy atom. The summed E-state index contributed by atoms with van der Waals surface area (Å²) in [5.74, 6) is 0. The first-order valence-electron chi connectivity index (χ1n) is 7.42. The number of nitrogens with zero attached hydrogens (tertiary/aromatic N) is 1. The lowest BCUT2D eigenvalue weighted by atomic mass is 10.0. The SMILES string of the molecule is CC1CC(NCCCN2CCCCC2)CCO1. The fourth-order valence-electron chi connectivity index (χ4n) is 2.98. The Labute approximate surface area is 106 Å². The zero-order valence-corrected chi connectivity index (χ0v) is 11.3. The molecule has 2 saturated heterocycles. The minimum Gasteiger partial charge on any atom is -0.378 e. The highest BCUT2D eigenvalue weighted by Crippen LogP contribution is 2.13. The van der Waals surface area contributed by atoms with Crippen molar-refractivity contribution in [1.82, 2.24) is 10.2 Å². The number of ether oxygens (including phenoxy) is 1. The molecule has 0 aromatic rings. The van der Waals surface area contributed by atoms with E-state index in [0.29, 0.717) is 12.1 Å². The number of likely N-dealkylation sites (tertiary alicyclic amines) is 1. The summed E-state index contributed by atoms with van der Waals surface area (Å²) in [6.45, 7) is 8.23. The topological polar surface area (TPSA) is 24.5 Å². The molecule has 2 aliphatic rings. The van der Waals surface area contributed by atoms with Crippen LogP contribution in [0.5, 0.6) is 0 Å². The van der Waals surface area contributed by atoms with E-state index in [1.165, 1.54) is 64.7 Å². The molecular weight excluding hydrogens is 212 g/mol. The molecule has 0 saturated carbocycles. The molecule has 0 bridgehead atoms. The molecule has 0 aromatic heterocycles. The van der Waals surface area contributed by atoms with E-state index in [9.17, 15) is 0 Å². The summed E-state index contributed by atoms with van der Waals surface area (Å²) in [5.41, 5.74) is 0. The molecule has 2 atom stereocenters. The molecule has 2 rings (SSSR count). The second kappa shape index (κ2) is 7.34. The van der Waals surface area contributed by atoms with E-state index in [4.69, 9.17) is 4.74 Å². The number of hydrogen-bond donors (Lipinski definition) is 1. The molecule has 2 unspecified atom stereocenters. The van der Waals surface area contributed by atoms with Crippen molar-refractivity contribution in [2.45, 2.75) is 57.6 Å². The molecule has 100 valence electrons. The molecular formula is C14H28N2O. The Hall–Kier alpha value is -0.120. The minimum absolute atomic E-state index is 0.448. The van der Waals surface area contributed by atoms with E-state index in [-0.39, 0.29) is 0 Å². The molecule has 0 aliphatic carbocycles. The predicted molar refractivity (Wildman–Crippen MR) is 71.3 cm³/mol. The van der Waals surface area contributed by atoms with Crippen LogP contribution < -0.4 is 5.32 Å². The fraction of sp³-hybridized carbons (Fsp3) is 1.00. The van der Waals surface area contributed by atoms with Gasteiger partial charge in [0.05, 0.1) is 6.10 Å². The number of rotatable bonds is 5. The predicted octanol–water partition coefficient (Wildman–Crippen LogP) is 2.02. The molecule has 3 nitrogen and oxygen atoms in total. The number of hydrogen-bond acceptors (Lipinski definition) is 3. The lowest BCUT2D eigenvalue weighted by molar-refractivity contribution is 0.0133. The maximum Gasteiger partial charge on any atom is 0.0561 e. The summed E-state index contributed by atoms with van der Waals surface area (Å²) in [6, 6.07) is 0.695. The van der Waals surface area contributed by atoms with Gasteiger partial charge in [0.1, 0.15) is 0 Å². The third-order valence-electron chi connectivity index (χ3n) is 4.02. The van der Waals surface area contributed by atoms with Crippen LogP contribution in [0, 0.1) is 0 Å². The Bertz CT molecular complexity index is 204. The van der Waals surface area contributed by atoms with Crippen LogP contribution in [0.2, 0.25) is 0 Å². The van der Waals surface area contributed by atoms with Gasteiger partial charge in [-0.15, -0.1) is 0 Å². The fourth-order valence-corrected chi connectivity index (χ4v) is 2.98. The highest BCUT2D eigenvalue weighted by Gasteiger charge is 2.18. The maximum atomic E-state index is 5.56. The molecule has 1 N–H and O–H groups in total. The van der Waals surface area contributed by atoms with E-state index in [1.54, 1.807) is 0 Å². The summed E-state index contributed by atoms with van der Waals surface area (Å²) in [5, 5.41) is 3.68. The van der Waals surface area contributed by atoms with Crippen LogP contribution in [0.1, 0.15) is 45.4 Å². The molecule has 2 heterocycles. The van der Waals surface area contributed by atoms with Crippen molar-refractivity contribution >= 4 is 0 Å². The normalized spacial score (nSPS) is 31.6. The lowest BCUT2D eigenvalue weighted by Gasteiger charge is -2.29. The van der Waals surface area contributed by atoms with Gasteiger partial charge in [0.15, 0.2) is 0 Å². The molecule has 3 heteroatoms. The van der Waals surface area contributed by atoms with Gasteiger partial charge in [0, 0.05) is 12.6 Å². The Kier molecular flexibility index (Phi) is 5.75. The van der Waals surface area contributed by atoms with E-state index >= 15 is 0 Å². The van der Waals surface area contributed by atoms with Crippen molar-refractivity contribution in [3.63, 3.8) is 0 Å². The van der Waals surface area contributed by atoms with Gasteiger partial charge in [-0.05, 0) is 65.2 Å². The summed E-state index contributed by atoms with van der Waals surface area (Å²) in [4.78, 5) is 2.62. The van der Waals surface area contributed by atoms with Gasteiger partial charge in [0.2, 0.25) is 0 Å². The number of piperidine rings is 1. The van der Waals surface area contributed by atoms with Crippen molar-refractivity contribution in [3.8, 4) is 0 Å². The zero-order chi connectivity index (χ0) is 11.9. The average molecular weight is 240 g/mol. The van der Waals surface area contributed by atoms with Crippen molar-refractivity contribution in [2.24, 2.45) is 0 Å². The summed E-state index contributed by atoms with van der Waals surface area (Å²) < 4.78 is 5.56. The standard InChI is InChI=1S/C14H28N2O/c1-13-12-14(6-11-17-13)15-7-5-10-16-8-3-2-4-9-16/h13-15H,2-12H2,1H3. The van der Waals surface area contributed by atoms with E-state index in [2.05, 4.69) is 17.1 Å². The third-order valence-corrected chi connectivity index (χ3v) is 4.02. The smallest absolute Gasteiger partial charge is 0.0561 e. The third kappa shape index (κ3) is 4.94. The van der Waals surface area contributed by atoms with Gasteiger partial charge >= 0.3 is 0 Å². The molecule has 2 aliphatic heterocycles. The van der Waals surface area contributed by atoms with E-state index < -0.39 is 0 Å². The van der Waals surface area contributed by atoms with Crippen molar-refractivity contribution in [2.75, 3.05) is 32.8 Å². The van der Waals surface area contributed by atoms with Crippen molar-refractivity contribution < 1.29 is 4.74 Å². The van der Waals surface area contributed by atoms with Crippen LogP contribution in [0.15, 0.2) is 0 Å². The molecule has 0 spiro atoms. The van der Waals surface area contributed by atoms with Crippen LogP contribution >= 0.6 is 0 Å². The van der Waals surface area contributed by atoms with E-state index in [0.717, 1.165) is 6.61 Å². The summed E-state index contributed by atoms with van der Waals surface area (Å²) in [6.07, 6.45) is 8.37. The van der Waals surface area contributed by atoms with E-state index in [1.807, 2.05) is 0 Å². The second-order valence-corrected chi connectivity index (χ2v) is 5.61. The first-order chi connectivity index (χ1) is 8.34. The van der Waals surface area contributed by atoms with Crippen molar-refractivity contribution in [1.29, 1.82) is 0 Å². The first-order valence-corrected chi connectivity index (χ1v) is 7.42. The van der Waals surface area contributed by atoms with Gasteiger partial charge < -0.3 is 15.0 Å². The summed E-state index contributed by atoms with van der Waals surface area (Å²) >= 11 is 0. The molecule has 17 heavy (non-hydrogen) atoms. The van der Waals surface area contributed by atoms with Crippen LogP contribution in [0.4, 0.5) is 0 Å². The monoisotopic (exact) mass is 240 g/mol. The first kappa shape index (κ1) is 13.3. The van der Waals surface area contributed by atoms with Crippen molar-refractivity contribution in [3.05, 3.63) is 0 Å². The van der Waals surface area contributed by atoms with Gasteiger partial charge in [-0.2, -0.15) is 0 Å². The highest BCUT2D eigenvalue weighted by atomic mass is 16.5. The molecule has 0 radical (unpaired) electrons. The highest BCUT2D eigenvalue weighted by molar-refractivity contribution is 4.74. The lowest BCUT2D eigenvalue weighted by Crippen LogP contribution is -2.39.